The quantitative estimate of drug-likeness (QED) is 0.932. The van der Waals surface area contributed by atoms with Gasteiger partial charge in [-0.25, -0.2) is 14.0 Å². The van der Waals surface area contributed by atoms with E-state index in [2.05, 4.69) is 4.98 Å². The van der Waals surface area contributed by atoms with Gasteiger partial charge in [-0.1, -0.05) is 12.1 Å². The number of para-hydroxylation sites is 1. The Kier molecular flexibility index (Phi) is 2.92. The van der Waals surface area contributed by atoms with Crippen LogP contribution >= 0.6 is 11.3 Å². The van der Waals surface area contributed by atoms with Crippen molar-refractivity contribution >= 4 is 38.3 Å². The summed E-state index contributed by atoms with van der Waals surface area (Å²) in [6.45, 7) is 0. The molecule has 4 nitrogen and oxygen atoms in total. The summed E-state index contributed by atoms with van der Waals surface area (Å²) < 4.78 is 37.6. The topological polar surface area (TPSA) is 67.3 Å². The second kappa shape index (κ2) is 4.11. The maximum absolute atomic E-state index is 13.0. The Morgan fingerprint density at radius 3 is 2.65 bits per heavy atom. The van der Waals surface area contributed by atoms with E-state index in [-0.39, 0.29) is 0 Å². The summed E-state index contributed by atoms with van der Waals surface area (Å²) >= 11 is 0.795. The van der Waals surface area contributed by atoms with Crippen molar-refractivity contribution in [2.45, 2.75) is 9.59 Å². The van der Waals surface area contributed by atoms with Gasteiger partial charge in [0, 0.05) is 0 Å². The smallest absolute Gasteiger partial charge is 0.422 e. The number of hydrogen-bond acceptors (Lipinski definition) is 4. The van der Waals surface area contributed by atoms with Crippen molar-refractivity contribution in [3.63, 3.8) is 0 Å². The summed E-state index contributed by atoms with van der Waals surface area (Å²) in [5.74, 6) is -2.42. The Hall–Kier alpha value is -1.41. The van der Waals surface area contributed by atoms with Gasteiger partial charge in [0.05, 0.1) is 10.2 Å². The molecule has 2 aromatic rings. The number of carboxylic acid groups (broad SMARTS) is 1. The molecule has 8 heteroatoms. The second-order valence-electron chi connectivity index (χ2n) is 3.04. The molecule has 0 unspecified atom stereocenters. The summed E-state index contributed by atoms with van der Waals surface area (Å²) in [5, 5.41) is 3.96. The van der Waals surface area contributed by atoms with E-state index in [9.17, 15) is 17.8 Å². The van der Waals surface area contributed by atoms with E-state index in [0.29, 0.717) is 10.2 Å². The van der Waals surface area contributed by atoms with Crippen LogP contribution in [-0.4, -0.2) is 25.5 Å². The monoisotopic (exact) mass is 277 g/mol. The van der Waals surface area contributed by atoms with Crippen LogP contribution < -0.4 is 0 Å². The number of aromatic nitrogens is 1. The number of thiazole rings is 1. The number of fused-ring (bicyclic) bond motifs is 1. The Morgan fingerprint density at radius 1 is 1.41 bits per heavy atom. The Labute approximate surface area is 100 Å². The average Bonchev–Trinajstić information content (AvgIpc) is 2.70. The van der Waals surface area contributed by atoms with Gasteiger partial charge in [-0.15, -0.1) is 11.3 Å². The van der Waals surface area contributed by atoms with Crippen molar-refractivity contribution in [1.82, 2.24) is 4.98 Å². The Morgan fingerprint density at radius 2 is 2.06 bits per heavy atom. The van der Waals surface area contributed by atoms with E-state index in [1.165, 1.54) is 0 Å². The van der Waals surface area contributed by atoms with Crippen LogP contribution in [-0.2, 0) is 15.6 Å². The number of carboxylic acids is 1. The predicted octanol–water partition coefficient (Wildman–Crippen LogP) is 2.08. The zero-order valence-electron chi connectivity index (χ0n) is 8.09. The first kappa shape index (κ1) is 12.1. The van der Waals surface area contributed by atoms with Crippen LogP contribution in [0.1, 0.15) is 0 Å². The van der Waals surface area contributed by atoms with Gasteiger partial charge < -0.3 is 5.11 Å². The minimum Gasteiger partial charge on any atom is -0.476 e. The fourth-order valence-corrected chi connectivity index (χ4v) is 3.26. The minimum atomic E-state index is -4.33. The highest BCUT2D eigenvalue weighted by Crippen LogP contribution is 2.31. The largest absolute Gasteiger partial charge is 0.476 e. The van der Waals surface area contributed by atoms with E-state index in [0.717, 1.165) is 11.3 Å². The molecule has 0 aliphatic rings. The van der Waals surface area contributed by atoms with Crippen molar-refractivity contribution in [3.05, 3.63) is 24.3 Å². The molecule has 0 aliphatic carbocycles. The highest BCUT2D eigenvalue weighted by molar-refractivity contribution is 7.89. The number of rotatable bonds is 3. The lowest BCUT2D eigenvalue weighted by molar-refractivity contribution is -0.153. The van der Waals surface area contributed by atoms with Gasteiger partial charge in [0.25, 0.3) is 0 Å². The van der Waals surface area contributed by atoms with Crippen molar-refractivity contribution in [2.75, 3.05) is 0 Å². The number of carbonyl (C=O) groups is 1. The van der Waals surface area contributed by atoms with E-state index in [1.54, 1.807) is 24.3 Å². The SMILES string of the molecule is O=C(O)C(F)(F)[S@@](=O)c1nc2ccccc2s1. The third kappa shape index (κ3) is 2.05. The van der Waals surface area contributed by atoms with Crippen LogP contribution in [0, 0.1) is 0 Å². The molecule has 0 amide bonds. The average molecular weight is 277 g/mol. The van der Waals surface area contributed by atoms with Crippen molar-refractivity contribution in [3.8, 4) is 0 Å². The summed E-state index contributed by atoms with van der Waals surface area (Å²) in [6, 6.07) is 6.55. The summed E-state index contributed by atoms with van der Waals surface area (Å²) in [4.78, 5) is 14.0. The molecular formula is C9H5F2NO3S2. The predicted molar refractivity (Wildman–Crippen MR) is 58.6 cm³/mol. The maximum atomic E-state index is 13.0. The van der Waals surface area contributed by atoms with Crippen LogP contribution in [0.15, 0.2) is 28.6 Å². The third-order valence-electron chi connectivity index (χ3n) is 1.91. The van der Waals surface area contributed by atoms with Gasteiger partial charge in [0.1, 0.15) is 0 Å². The first-order valence-corrected chi connectivity index (χ1v) is 6.28. The van der Waals surface area contributed by atoms with Gasteiger partial charge in [0.15, 0.2) is 15.1 Å². The van der Waals surface area contributed by atoms with Crippen molar-refractivity contribution in [1.29, 1.82) is 0 Å². The van der Waals surface area contributed by atoms with Gasteiger partial charge >= 0.3 is 11.2 Å². The molecule has 2 rings (SSSR count). The summed E-state index contributed by atoms with van der Waals surface area (Å²) in [7, 11) is -2.98. The number of aliphatic carboxylic acids is 1. The van der Waals surface area contributed by atoms with Crippen LogP contribution in [0.5, 0.6) is 0 Å². The maximum Gasteiger partial charge on any atom is 0.422 e. The lowest BCUT2D eigenvalue weighted by Gasteiger charge is -2.07. The minimum absolute atomic E-state index is 0.390. The third-order valence-corrected chi connectivity index (χ3v) is 4.50. The van der Waals surface area contributed by atoms with Gasteiger partial charge in [-0.05, 0) is 12.1 Å². The molecule has 0 saturated heterocycles. The number of hydrogen-bond donors (Lipinski definition) is 1. The molecule has 0 saturated carbocycles. The molecule has 0 radical (unpaired) electrons. The van der Waals surface area contributed by atoms with E-state index >= 15 is 0 Å². The highest BCUT2D eigenvalue weighted by Gasteiger charge is 2.48. The van der Waals surface area contributed by atoms with E-state index < -0.39 is 26.4 Å². The van der Waals surface area contributed by atoms with Gasteiger partial charge in [0.2, 0.25) is 0 Å². The zero-order valence-corrected chi connectivity index (χ0v) is 9.73. The zero-order chi connectivity index (χ0) is 12.6. The molecule has 17 heavy (non-hydrogen) atoms. The number of nitrogens with zero attached hydrogens (tertiary/aromatic N) is 1. The molecule has 0 spiro atoms. The molecule has 0 aliphatic heterocycles. The number of alkyl halides is 2. The Balaban J connectivity index is 2.47. The van der Waals surface area contributed by atoms with Gasteiger partial charge in [-0.3, -0.25) is 0 Å². The van der Waals surface area contributed by atoms with Crippen LogP contribution in [0.3, 0.4) is 0 Å². The standard InChI is InChI=1S/C9H5F2NO3S2/c10-9(11,7(13)14)17(15)8-12-5-3-1-2-4-6(5)16-8/h1-4H,(H,13,14)/t17-/m0/s1. The molecular weight excluding hydrogens is 272 g/mol. The molecule has 0 fully saturated rings. The van der Waals surface area contributed by atoms with Crippen molar-refractivity contribution < 1.29 is 22.9 Å². The normalized spacial score (nSPS) is 13.8. The molecule has 1 aromatic carbocycles. The Bertz CT molecular complexity index is 578. The van der Waals surface area contributed by atoms with Crippen LogP contribution in [0.2, 0.25) is 0 Å². The molecule has 0 bridgehead atoms. The van der Waals surface area contributed by atoms with Crippen LogP contribution in [0.4, 0.5) is 8.78 Å². The lowest BCUT2D eigenvalue weighted by atomic mass is 10.3. The van der Waals surface area contributed by atoms with Crippen molar-refractivity contribution in [2.24, 2.45) is 0 Å². The first-order chi connectivity index (χ1) is 7.93. The van der Waals surface area contributed by atoms with Crippen LogP contribution in [0.25, 0.3) is 10.2 Å². The van der Waals surface area contributed by atoms with E-state index in [1.807, 2.05) is 0 Å². The van der Waals surface area contributed by atoms with E-state index in [4.69, 9.17) is 5.11 Å². The molecule has 1 N–H and O–H groups in total. The molecule has 1 aromatic heterocycles. The highest BCUT2D eigenvalue weighted by atomic mass is 32.2. The summed E-state index contributed by atoms with van der Waals surface area (Å²) in [5.41, 5.74) is 0.419. The number of halogens is 2. The molecule has 1 heterocycles. The lowest BCUT2D eigenvalue weighted by Crippen LogP contribution is -2.33. The first-order valence-electron chi connectivity index (χ1n) is 4.31. The second-order valence-corrected chi connectivity index (χ2v) is 5.76. The fourth-order valence-electron chi connectivity index (χ4n) is 1.12. The number of benzene rings is 1. The molecule has 1 atom stereocenters. The molecule has 90 valence electrons. The fraction of sp³-hybridized carbons (Fsp3) is 0.111. The summed E-state index contributed by atoms with van der Waals surface area (Å²) in [6.07, 6.45) is 0. The van der Waals surface area contributed by atoms with Gasteiger partial charge in [-0.2, -0.15) is 8.78 Å².